The second-order valence-corrected chi connectivity index (χ2v) is 11.4. The monoisotopic (exact) mass is 650 g/mol. The number of aromatic nitrogens is 3. The number of carboxylic acid groups (broad SMARTS) is 3. The highest BCUT2D eigenvalue weighted by atomic mass is 19.3. The maximum atomic E-state index is 14.0. The fourth-order valence-electron chi connectivity index (χ4n) is 6.01. The maximum absolute atomic E-state index is 14.0. The van der Waals surface area contributed by atoms with Crippen molar-refractivity contribution in [3.05, 3.63) is 40.3 Å². The lowest BCUT2D eigenvalue weighted by Gasteiger charge is -2.35. The number of fused-ring (bicyclic) bond motifs is 3. The number of likely N-dealkylation sites (N-methyl/N-ethyl adjacent to an activating group) is 1. The van der Waals surface area contributed by atoms with Crippen LogP contribution in [-0.4, -0.2) is 115 Å². The molecule has 1 aliphatic heterocycles. The van der Waals surface area contributed by atoms with Crippen LogP contribution in [0.3, 0.4) is 0 Å². The number of hydrogen-bond acceptors (Lipinski definition) is 10. The van der Waals surface area contributed by atoms with Gasteiger partial charge in [0.15, 0.2) is 0 Å². The highest BCUT2D eigenvalue weighted by Crippen LogP contribution is 2.39. The summed E-state index contributed by atoms with van der Waals surface area (Å²) in [6.07, 6.45) is 3.51. The number of nitrogens with one attached hydrogen (secondary N) is 1. The van der Waals surface area contributed by atoms with Crippen LogP contribution in [0, 0.1) is 0 Å². The zero-order valence-electron chi connectivity index (χ0n) is 25.5. The van der Waals surface area contributed by atoms with Crippen molar-refractivity contribution in [1.82, 2.24) is 24.3 Å². The van der Waals surface area contributed by atoms with E-state index in [1.165, 1.54) is 0 Å². The summed E-state index contributed by atoms with van der Waals surface area (Å²) in [7, 11) is 2.13. The Balaban J connectivity index is 0.000000577. The van der Waals surface area contributed by atoms with Crippen LogP contribution in [0.25, 0.3) is 21.8 Å². The topological polar surface area (TPSA) is 198 Å². The molecule has 0 unspecified atom stereocenters. The first kappa shape index (κ1) is 36.2. The molecule has 0 amide bonds. The van der Waals surface area contributed by atoms with Crippen LogP contribution in [0.1, 0.15) is 50.1 Å². The lowest BCUT2D eigenvalue weighted by atomic mass is 9.88. The van der Waals surface area contributed by atoms with Gasteiger partial charge in [-0.05, 0) is 49.7 Å². The van der Waals surface area contributed by atoms with Crippen molar-refractivity contribution in [2.24, 2.45) is 0 Å². The molecule has 3 aliphatic rings. The maximum Gasteiger partial charge on any atom is 0.290 e. The van der Waals surface area contributed by atoms with Gasteiger partial charge in [0.1, 0.15) is 5.65 Å². The number of nitrogens with zero attached hydrogens (tertiary/aromatic N) is 5. The largest absolute Gasteiger partial charge is 0.483 e. The molecule has 46 heavy (non-hydrogen) atoms. The SMILES string of the molecule is CN1CCN(Cc2ccc3c(c2)c(=O)n([C@H]2CC[C@H](O)CC2)c2nc(NC4CC(F)(F)C4)ncc32)CC1.O=CO.O=CO.O=CO. The molecule has 3 fully saturated rings. The number of carbonyl (C=O) groups is 3. The van der Waals surface area contributed by atoms with Crippen molar-refractivity contribution < 1.29 is 43.6 Å². The summed E-state index contributed by atoms with van der Waals surface area (Å²) < 4.78 is 28.5. The van der Waals surface area contributed by atoms with Gasteiger partial charge in [-0.2, -0.15) is 4.98 Å². The lowest BCUT2D eigenvalue weighted by molar-refractivity contribution is -0.123. The second kappa shape index (κ2) is 16.9. The van der Waals surface area contributed by atoms with E-state index in [2.05, 4.69) is 33.2 Å². The molecular formula is C30H40F2N6O8. The van der Waals surface area contributed by atoms with E-state index in [0.29, 0.717) is 36.7 Å². The number of rotatable bonds is 5. The summed E-state index contributed by atoms with van der Waals surface area (Å²) in [5, 5.41) is 36.0. The summed E-state index contributed by atoms with van der Waals surface area (Å²) in [4.78, 5) is 52.9. The minimum Gasteiger partial charge on any atom is -0.483 e. The quantitative estimate of drug-likeness (QED) is 0.200. The number of hydrogen-bond donors (Lipinski definition) is 5. The summed E-state index contributed by atoms with van der Waals surface area (Å²) in [5.41, 5.74) is 1.53. The molecule has 1 saturated heterocycles. The molecule has 0 bridgehead atoms. The molecule has 2 aliphatic carbocycles. The first-order valence-electron chi connectivity index (χ1n) is 14.8. The molecule has 2 saturated carbocycles. The molecule has 2 aromatic heterocycles. The minimum absolute atomic E-state index is 0.0835. The zero-order valence-corrected chi connectivity index (χ0v) is 25.5. The Kier molecular flexibility index (Phi) is 13.3. The van der Waals surface area contributed by atoms with Crippen LogP contribution in [0.15, 0.2) is 29.2 Å². The van der Waals surface area contributed by atoms with Gasteiger partial charge in [0.05, 0.1) is 6.10 Å². The van der Waals surface area contributed by atoms with Crippen LogP contribution in [-0.2, 0) is 20.9 Å². The van der Waals surface area contributed by atoms with E-state index in [4.69, 9.17) is 34.7 Å². The third-order valence-electron chi connectivity index (χ3n) is 8.28. The Morgan fingerprint density at radius 2 is 1.52 bits per heavy atom. The van der Waals surface area contributed by atoms with E-state index in [-0.39, 0.29) is 62.0 Å². The van der Waals surface area contributed by atoms with Gasteiger partial charge in [-0.25, -0.2) is 13.8 Å². The number of aliphatic hydroxyl groups excluding tert-OH is 1. The van der Waals surface area contributed by atoms with Crippen molar-refractivity contribution >= 4 is 47.2 Å². The third kappa shape index (κ3) is 9.37. The fourth-order valence-corrected chi connectivity index (χ4v) is 6.01. The third-order valence-corrected chi connectivity index (χ3v) is 8.28. The summed E-state index contributed by atoms with van der Waals surface area (Å²) in [6.45, 7) is 4.10. The molecular weight excluding hydrogens is 610 g/mol. The zero-order chi connectivity index (χ0) is 33.9. The van der Waals surface area contributed by atoms with Crippen molar-refractivity contribution in [3.8, 4) is 0 Å². The van der Waals surface area contributed by atoms with E-state index in [9.17, 15) is 18.7 Å². The van der Waals surface area contributed by atoms with Gasteiger partial charge in [0.25, 0.3) is 30.9 Å². The summed E-state index contributed by atoms with van der Waals surface area (Å²) in [5.74, 6) is -2.37. The van der Waals surface area contributed by atoms with Crippen LogP contribution < -0.4 is 10.9 Å². The van der Waals surface area contributed by atoms with Crippen LogP contribution in [0.4, 0.5) is 14.7 Å². The molecule has 6 rings (SSSR count). The van der Waals surface area contributed by atoms with Gasteiger partial charge >= 0.3 is 0 Å². The Morgan fingerprint density at radius 3 is 2.09 bits per heavy atom. The van der Waals surface area contributed by atoms with Gasteiger partial charge in [-0.3, -0.25) is 28.6 Å². The van der Waals surface area contributed by atoms with Gasteiger partial charge in [0, 0.05) is 74.6 Å². The smallest absolute Gasteiger partial charge is 0.290 e. The molecule has 1 aromatic carbocycles. The van der Waals surface area contributed by atoms with Gasteiger partial charge in [0.2, 0.25) is 5.95 Å². The highest BCUT2D eigenvalue weighted by Gasteiger charge is 2.45. The van der Waals surface area contributed by atoms with Crippen molar-refractivity contribution in [1.29, 1.82) is 0 Å². The number of benzene rings is 1. The minimum atomic E-state index is -2.64. The summed E-state index contributed by atoms with van der Waals surface area (Å²) >= 11 is 0. The van der Waals surface area contributed by atoms with E-state index in [1.54, 1.807) is 10.8 Å². The molecule has 3 aromatic rings. The standard InChI is InChI=1S/C27H34F2N6O2.3CH2O2/c1-33-8-10-34(11-9-33)16-17-2-7-21-22(12-17)25(37)35(19-3-5-20(36)6-4-19)24-23(21)15-30-26(32-24)31-18-13-27(28,29)14-18;3*2-1-3/h2,7,12,15,18-20,36H,3-6,8-11,13-14,16H2,1H3,(H,30,31,32);3*1H,(H,2,3)/t19-,20-;;;. The molecule has 0 atom stereocenters. The Labute approximate surface area is 263 Å². The van der Waals surface area contributed by atoms with E-state index in [1.807, 2.05) is 12.1 Å². The number of aliphatic hydroxyl groups is 1. The molecule has 16 heteroatoms. The molecule has 3 heterocycles. The molecule has 5 N–H and O–H groups in total. The number of anilines is 1. The second-order valence-electron chi connectivity index (χ2n) is 11.4. The first-order chi connectivity index (χ1) is 22.0. The lowest BCUT2D eigenvalue weighted by Crippen LogP contribution is -2.44. The number of pyridine rings is 1. The van der Waals surface area contributed by atoms with Crippen molar-refractivity contribution in [2.75, 3.05) is 38.5 Å². The van der Waals surface area contributed by atoms with Gasteiger partial charge < -0.3 is 30.6 Å². The summed E-state index contributed by atoms with van der Waals surface area (Å²) in [6, 6.07) is 5.60. The van der Waals surface area contributed by atoms with Crippen LogP contribution >= 0.6 is 0 Å². The Morgan fingerprint density at radius 1 is 0.935 bits per heavy atom. The molecule has 14 nitrogen and oxygen atoms in total. The van der Waals surface area contributed by atoms with Gasteiger partial charge in [-0.15, -0.1) is 0 Å². The Bertz CT molecular complexity index is 1500. The molecule has 0 radical (unpaired) electrons. The van der Waals surface area contributed by atoms with E-state index in [0.717, 1.165) is 49.1 Å². The fraction of sp³-hybridized carbons (Fsp3) is 0.533. The van der Waals surface area contributed by atoms with Crippen molar-refractivity contribution in [2.45, 2.75) is 69.2 Å². The predicted octanol–water partition coefficient (Wildman–Crippen LogP) is 2.48. The average Bonchev–Trinajstić information content (AvgIpc) is 3.00. The molecule has 0 spiro atoms. The van der Waals surface area contributed by atoms with Crippen molar-refractivity contribution in [3.63, 3.8) is 0 Å². The number of halogens is 2. The highest BCUT2D eigenvalue weighted by molar-refractivity contribution is 6.04. The Hall–Kier alpha value is -4.28. The average molecular weight is 651 g/mol. The van der Waals surface area contributed by atoms with Gasteiger partial charge in [-0.1, -0.05) is 12.1 Å². The first-order valence-corrected chi connectivity index (χ1v) is 14.8. The normalized spacial score (nSPS) is 21.2. The van der Waals surface area contributed by atoms with E-state index < -0.39 is 5.92 Å². The van der Waals surface area contributed by atoms with Crippen LogP contribution in [0.2, 0.25) is 0 Å². The number of piperazine rings is 1. The molecule has 252 valence electrons. The predicted molar refractivity (Wildman–Crippen MR) is 165 cm³/mol. The number of alkyl halides is 2. The van der Waals surface area contributed by atoms with E-state index >= 15 is 0 Å². The van der Waals surface area contributed by atoms with Crippen LogP contribution in [0.5, 0.6) is 0 Å².